The zero-order valence-corrected chi connectivity index (χ0v) is 10.7. The van der Waals surface area contributed by atoms with Gasteiger partial charge >= 0.3 is 0 Å². The van der Waals surface area contributed by atoms with E-state index in [2.05, 4.69) is 4.98 Å². The Morgan fingerprint density at radius 3 is 2.80 bits per heavy atom. The molecule has 1 heterocycles. The summed E-state index contributed by atoms with van der Waals surface area (Å²) in [4.78, 5) is 14.7. The summed E-state index contributed by atoms with van der Waals surface area (Å²) in [7, 11) is 0. The van der Waals surface area contributed by atoms with Gasteiger partial charge in [-0.25, -0.2) is 4.98 Å². The fourth-order valence-electron chi connectivity index (χ4n) is 2.04. The number of nitrogens with zero attached hydrogens (tertiary/aromatic N) is 2. The van der Waals surface area contributed by atoms with Crippen molar-refractivity contribution in [2.24, 2.45) is 0 Å². The van der Waals surface area contributed by atoms with Crippen molar-refractivity contribution in [1.29, 1.82) is 0 Å². The molecule has 3 rings (SSSR count). The molecule has 0 fully saturated rings. The van der Waals surface area contributed by atoms with Crippen LogP contribution in [0.1, 0.15) is 5.56 Å². The van der Waals surface area contributed by atoms with E-state index in [0.29, 0.717) is 17.0 Å². The van der Waals surface area contributed by atoms with Gasteiger partial charge in [-0.1, -0.05) is 12.1 Å². The van der Waals surface area contributed by atoms with E-state index in [9.17, 15) is 10.1 Å². The molecule has 6 heteroatoms. The number of anilines is 1. The topological polar surface area (TPSA) is 95.2 Å². The minimum atomic E-state index is -0.521. The molecule has 0 aliphatic rings. The van der Waals surface area contributed by atoms with Crippen LogP contribution in [-0.4, -0.2) is 9.91 Å². The highest BCUT2D eigenvalue weighted by atomic mass is 16.6. The van der Waals surface area contributed by atoms with Gasteiger partial charge in [0.2, 0.25) is 5.89 Å². The number of nitro groups is 1. The Balaban J connectivity index is 2.18. The van der Waals surface area contributed by atoms with Crippen molar-refractivity contribution in [3.05, 3.63) is 52.1 Å². The van der Waals surface area contributed by atoms with Crippen molar-refractivity contribution in [2.45, 2.75) is 6.92 Å². The van der Waals surface area contributed by atoms with Gasteiger partial charge in [0.15, 0.2) is 5.58 Å². The molecule has 0 aliphatic heterocycles. The zero-order chi connectivity index (χ0) is 14.3. The average molecular weight is 269 g/mol. The van der Waals surface area contributed by atoms with Crippen molar-refractivity contribution in [2.75, 3.05) is 5.73 Å². The number of nitrogens with two attached hydrogens (primary N) is 1. The van der Waals surface area contributed by atoms with Crippen LogP contribution < -0.4 is 5.73 Å². The Labute approximate surface area is 114 Å². The van der Waals surface area contributed by atoms with Crippen LogP contribution >= 0.6 is 0 Å². The summed E-state index contributed by atoms with van der Waals surface area (Å²) in [5.41, 5.74) is 8.44. The number of nitro benzene ring substituents is 1. The third-order valence-electron chi connectivity index (χ3n) is 3.09. The number of aromatic nitrogens is 1. The summed E-state index contributed by atoms with van der Waals surface area (Å²) in [6.07, 6.45) is 0. The predicted octanol–water partition coefficient (Wildman–Crippen LogP) is 3.29. The van der Waals surface area contributed by atoms with Crippen LogP contribution in [0.3, 0.4) is 0 Å². The van der Waals surface area contributed by atoms with E-state index in [1.807, 2.05) is 25.1 Å². The summed E-state index contributed by atoms with van der Waals surface area (Å²) in [6, 6.07) is 10.1. The summed E-state index contributed by atoms with van der Waals surface area (Å²) in [5, 5.41) is 10.9. The molecule has 0 bridgehead atoms. The van der Waals surface area contributed by atoms with Crippen molar-refractivity contribution in [3.63, 3.8) is 0 Å². The summed E-state index contributed by atoms with van der Waals surface area (Å²) < 4.78 is 5.68. The van der Waals surface area contributed by atoms with Crippen LogP contribution in [0.15, 0.2) is 40.8 Å². The van der Waals surface area contributed by atoms with E-state index >= 15 is 0 Å². The first-order chi connectivity index (χ1) is 9.56. The van der Waals surface area contributed by atoms with Gasteiger partial charge in [0.25, 0.3) is 5.69 Å². The van der Waals surface area contributed by atoms with Gasteiger partial charge in [0.05, 0.1) is 4.92 Å². The number of rotatable bonds is 2. The highest BCUT2D eigenvalue weighted by Gasteiger charge is 2.16. The SMILES string of the molecule is Cc1cccc2nc(-c3ccc(N)c([N+](=O)[O-])c3)oc12. The molecule has 0 aliphatic carbocycles. The van der Waals surface area contributed by atoms with Gasteiger partial charge < -0.3 is 10.2 Å². The Morgan fingerprint density at radius 2 is 2.10 bits per heavy atom. The van der Waals surface area contributed by atoms with E-state index < -0.39 is 4.92 Å². The van der Waals surface area contributed by atoms with Crippen LogP contribution in [0.2, 0.25) is 0 Å². The second-order valence-corrected chi connectivity index (χ2v) is 4.47. The monoisotopic (exact) mass is 269 g/mol. The van der Waals surface area contributed by atoms with Crippen molar-refractivity contribution < 1.29 is 9.34 Å². The fourth-order valence-corrected chi connectivity index (χ4v) is 2.04. The number of hydrogen-bond donors (Lipinski definition) is 1. The third kappa shape index (κ3) is 1.87. The molecular weight excluding hydrogens is 258 g/mol. The smallest absolute Gasteiger partial charge is 0.292 e. The maximum absolute atomic E-state index is 10.9. The van der Waals surface area contributed by atoms with Crippen LogP contribution in [-0.2, 0) is 0 Å². The molecule has 2 aromatic carbocycles. The molecule has 100 valence electrons. The van der Waals surface area contributed by atoms with Crippen molar-refractivity contribution in [1.82, 2.24) is 4.98 Å². The second kappa shape index (κ2) is 4.34. The van der Waals surface area contributed by atoms with Gasteiger partial charge in [-0.2, -0.15) is 0 Å². The molecule has 0 saturated carbocycles. The van der Waals surface area contributed by atoms with Gasteiger partial charge in [-0.05, 0) is 30.7 Å². The minimum absolute atomic E-state index is 0.117. The first kappa shape index (κ1) is 12.2. The number of benzene rings is 2. The number of nitrogen functional groups attached to an aromatic ring is 1. The Morgan fingerprint density at radius 1 is 1.30 bits per heavy atom. The number of aryl methyl sites for hydroxylation is 1. The van der Waals surface area contributed by atoms with Gasteiger partial charge in [-0.15, -0.1) is 0 Å². The zero-order valence-electron chi connectivity index (χ0n) is 10.7. The Kier molecular flexibility index (Phi) is 2.64. The largest absolute Gasteiger partial charge is 0.436 e. The maximum Gasteiger partial charge on any atom is 0.292 e. The number of oxazole rings is 1. The summed E-state index contributed by atoms with van der Waals surface area (Å²) >= 11 is 0. The summed E-state index contributed by atoms with van der Waals surface area (Å²) in [6.45, 7) is 1.92. The maximum atomic E-state index is 10.9. The molecule has 20 heavy (non-hydrogen) atoms. The third-order valence-corrected chi connectivity index (χ3v) is 3.09. The Hall–Kier alpha value is -2.89. The Bertz CT molecular complexity index is 824. The fraction of sp³-hybridized carbons (Fsp3) is 0.0714. The van der Waals surface area contributed by atoms with Crippen molar-refractivity contribution >= 4 is 22.5 Å². The number of hydrogen-bond acceptors (Lipinski definition) is 5. The highest BCUT2D eigenvalue weighted by molar-refractivity contribution is 5.80. The van der Waals surface area contributed by atoms with E-state index in [1.165, 1.54) is 12.1 Å². The molecule has 0 amide bonds. The van der Waals surface area contributed by atoms with E-state index in [1.54, 1.807) is 6.07 Å². The van der Waals surface area contributed by atoms with Gasteiger partial charge in [-0.3, -0.25) is 10.1 Å². The van der Waals surface area contributed by atoms with Crippen LogP contribution in [0.5, 0.6) is 0 Å². The lowest BCUT2D eigenvalue weighted by atomic mass is 10.2. The first-order valence-corrected chi connectivity index (χ1v) is 5.96. The lowest BCUT2D eigenvalue weighted by Gasteiger charge is -1.99. The van der Waals surface area contributed by atoms with E-state index in [0.717, 1.165) is 11.1 Å². The van der Waals surface area contributed by atoms with Gasteiger partial charge in [0.1, 0.15) is 11.2 Å². The summed E-state index contributed by atoms with van der Waals surface area (Å²) in [5.74, 6) is 0.345. The second-order valence-electron chi connectivity index (χ2n) is 4.47. The van der Waals surface area contributed by atoms with Crippen LogP contribution in [0.25, 0.3) is 22.6 Å². The molecule has 6 nitrogen and oxygen atoms in total. The van der Waals surface area contributed by atoms with Gasteiger partial charge in [0, 0.05) is 11.6 Å². The number of para-hydroxylation sites is 1. The molecule has 1 aromatic heterocycles. The quantitative estimate of drug-likeness (QED) is 0.437. The lowest BCUT2D eigenvalue weighted by Crippen LogP contribution is -1.95. The van der Waals surface area contributed by atoms with Crippen molar-refractivity contribution in [3.8, 4) is 11.5 Å². The minimum Gasteiger partial charge on any atom is -0.436 e. The predicted molar refractivity (Wildman–Crippen MR) is 75.2 cm³/mol. The molecule has 0 saturated heterocycles. The van der Waals surface area contributed by atoms with Crippen LogP contribution in [0, 0.1) is 17.0 Å². The molecule has 2 N–H and O–H groups in total. The standard InChI is InChI=1S/C14H11N3O3/c1-8-3-2-4-11-13(8)20-14(16-11)9-5-6-10(15)12(7-9)17(18)19/h2-7H,15H2,1H3. The average Bonchev–Trinajstić information content (AvgIpc) is 2.84. The molecule has 0 radical (unpaired) electrons. The number of fused-ring (bicyclic) bond motifs is 1. The van der Waals surface area contributed by atoms with Crippen LogP contribution in [0.4, 0.5) is 11.4 Å². The molecule has 0 atom stereocenters. The highest BCUT2D eigenvalue weighted by Crippen LogP contribution is 2.31. The first-order valence-electron chi connectivity index (χ1n) is 5.96. The van der Waals surface area contributed by atoms with E-state index in [-0.39, 0.29) is 11.4 Å². The normalized spacial score (nSPS) is 10.8. The molecule has 3 aromatic rings. The molecule has 0 unspecified atom stereocenters. The van der Waals surface area contributed by atoms with E-state index in [4.69, 9.17) is 10.2 Å². The molecule has 0 spiro atoms. The lowest BCUT2D eigenvalue weighted by molar-refractivity contribution is -0.383. The molecular formula is C14H11N3O3.